The smallest absolute Gasteiger partial charge is 0.383 e. The number of hydrogen-bond donors (Lipinski definition) is 1. The molecule has 126 valence electrons. The molecule has 1 aliphatic heterocycles. The van der Waals surface area contributed by atoms with Gasteiger partial charge in [0, 0.05) is 13.1 Å². The summed E-state index contributed by atoms with van der Waals surface area (Å²) in [5.74, 6) is -6.55. The highest BCUT2D eigenvalue weighted by atomic mass is 19.3. The maximum atomic E-state index is 12.7. The maximum Gasteiger partial charge on any atom is 0.383 e. The van der Waals surface area contributed by atoms with E-state index in [0.717, 1.165) is 0 Å². The number of nitrogens with one attached hydrogen (secondary N) is 1. The molecule has 0 aromatic heterocycles. The Kier molecular flexibility index (Phi) is 5.07. The molecule has 0 saturated heterocycles. The summed E-state index contributed by atoms with van der Waals surface area (Å²) < 4.78 is 54.7. The van der Waals surface area contributed by atoms with Crippen LogP contribution in [0.5, 0.6) is 5.75 Å². The molecular formula is C14H14F4N2O3. The lowest BCUT2D eigenvalue weighted by molar-refractivity contribution is -0.169. The fraction of sp³-hybridized carbons (Fsp3) is 0.429. The van der Waals surface area contributed by atoms with Crippen LogP contribution in [-0.2, 0) is 9.59 Å². The molecule has 9 heteroatoms. The van der Waals surface area contributed by atoms with E-state index in [9.17, 15) is 27.2 Å². The van der Waals surface area contributed by atoms with E-state index >= 15 is 0 Å². The molecule has 2 amide bonds. The number of benzene rings is 1. The van der Waals surface area contributed by atoms with Crippen LogP contribution < -0.4 is 15.0 Å². The summed E-state index contributed by atoms with van der Waals surface area (Å²) in [5, 5.41) is 1.74. The number of halogens is 4. The van der Waals surface area contributed by atoms with Gasteiger partial charge in [-0.3, -0.25) is 9.59 Å². The van der Waals surface area contributed by atoms with Crippen LogP contribution in [0.3, 0.4) is 0 Å². The number of carbonyl (C=O) groups is 2. The first kappa shape index (κ1) is 17.0. The zero-order chi connectivity index (χ0) is 17.0. The summed E-state index contributed by atoms with van der Waals surface area (Å²) in [6, 6.07) is 6.79. The van der Waals surface area contributed by atoms with Gasteiger partial charge in [-0.25, -0.2) is 8.78 Å². The van der Waals surface area contributed by atoms with Crippen LogP contribution in [0.25, 0.3) is 0 Å². The minimum atomic E-state index is -4.72. The van der Waals surface area contributed by atoms with E-state index in [4.69, 9.17) is 4.74 Å². The van der Waals surface area contributed by atoms with Gasteiger partial charge >= 0.3 is 12.3 Å². The molecule has 0 fully saturated rings. The van der Waals surface area contributed by atoms with Crippen molar-refractivity contribution in [3.05, 3.63) is 24.3 Å². The lowest BCUT2D eigenvalue weighted by Gasteiger charge is -2.29. The monoisotopic (exact) mass is 334 g/mol. The van der Waals surface area contributed by atoms with Gasteiger partial charge in [0.2, 0.25) is 0 Å². The predicted octanol–water partition coefficient (Wildman–Crippen LogP) is 1.82. The lowest BCUT2D eigenvalue weighted by atomic mass is 10.2. The molecule has 5 nitrogen and oxygen atoms in total. The van der Waals surface area contributed by atoms with Crippen LogP contribution in [0.15, 0.2) is 24.3 Å². The normalized spacial score (nSPS) is 14.5. The van der Waals surface area contributed by atoms with Crippen LogP contribution in [0, 0.1) is 0 Å². The van der Waals surface area contributed by atoms with E-state index in [-0.39, 0.29) is 32.0 Å². The topological polar surface area (TPSA) is 58.6 Å². The molecule has 1 N–H and O–H groups in total. The number of ether oxygens (including phenoxy) is 1. The van der Waals surface area contributed by atoms with E-state index < -0.39 is 18.3 Å². The third-order valence-corrected chi connectivity index (χ3v) is 3.23. The summed E-state index contributed by atoms with van der Waals surface area (Å²) in [6.07, 6.45) is -3.93. The molecule has 0 radical (unpaired) electrons. The van der Waals surface area contributed by atoms with Crippen molar-refractivity contribution in [2.75, 3.05) is 24.6 Å². The van der Waals surface area contributed by atoms with Gasteiger partial charge < -0.3 is 15.0 Å². The Morgan fingerprint density at radius 2 is 2.04 bits per heavy atom. The zero-order valence-electron chi connectivity index (χ0n) is 11.9. The number of rotatable bonds is 6. The second-order valence-corrected chi connectivity index (χ2v) is 4.83. The van der Waals surface area contributed by atoms with E-state index in [1.165, 1.54) is 4.90 Å². The lowest BCUT2D eigenvalue weighted by Crippen LogP contribution is -2.46. The van der Waals surface area contributed by atoms with E-state index in [2.05, 4.69) is 0 Å². The number of para-hydroxylation sites is 2. The highest BCUT2D eigenvalue weighted by Crippen LogP contribution is 2.31. The number of carbonyl (C=O) groups excluding carboxylic acids is 2. The van der Waals surface area contributed by atoms with Crippen molar-refractivity contribution in [3.63, 3.8) is 0 Å². The Hall–Kier alpha value is -2.32. The highest BCUT2D eigenvalue weighted by molar-refractivity contribution is 5.97. The average molecular weight is 334 g/mol. The molecule has 1 heterocycles. The first-order valence-electron chi connectivity index (χ1n) is 6.80. The van der Waals surface area contributed by atoms with Crippen molar-refractivity contribution >= 4 is 17.5 Å². The van der Waals surface area contributed by atoms with Crippen molar-refractivity contribution < 1.29 is 31.9 Å². The number of nitrogens with zero attached hydrogens (tertiary/aromatic N) is 1. The van der Waals surface area contributed by atoms with Gasteiger partial charge in [-0.1, -0.05) is 12.1 Å². The minimum absolute atomic E-state index is 0.130. The van der Waals surface area contributed by atoms with Crippen molar-refractivity contribution in [2.45, 2.75) is 18.8 Å². The van der Waals surface area contributed by atoms with Crippen LogP contribution in [-0.4, -0.2) is 43.9 Å². The number of amides is 2. The summed E-state index contributed by atoms with van der Waals surface area (Å²) >= 11 is 0. The molecule has 1 aliphatic rings. The Balaban J connectivity index is 1.87. The third kappa shape index (κ3) is 3.72. The Morgan fingerprint density at radius 3 is 2.74 bits per heavy atom. The summed E-state index contributed by atoms with van der Waals surface area (Å²) in [4.78, 5) is 24.2. The summed E-state index contributed by atoms with van der Waals surface area (Å²) in [5.41, 5.74) is 0.535. The fourth-order valence-corrected chi connectivity index (χ4v) is 2.06. The predicted molar refractivity (Wildman–Crippen MR) is 72.9 cm³/mol. The molecule has 0 spiro atoms. The van der Waals surface area contributed by atoms with Crippen LogP contribution in [0.1, 0.15) is 6.42 Å². The molecule has 0 saturated carbocycles. The van der Waals surface area contributed by atoms with Crippen molar-refractivity contribution in [1.82, 2.24) is 5.32 Å². The van der Waals surface area contributed by atoms with Crippen LogP contribution in [0.2, 0.25) is 0 Å². The second kappa shape index (κ2) is 6.84. The molecule has 0 bridgehead atoms. The van der Waals surface area contributed by atoms with Gasteiger partial charge in [0.25, 0.3) is 11.8 Å². The zero-order valence-corrected chi connectivity index (χ0v) is 11.9. The van der Waals surface area contributed by atoms with Crippen molar-refractivity contribution in [2.24, 2.45) is 0 Å². The first-order valence-corrected chi connectivity index (χ1v) is 6.80. The highest BCUT2D eigenvalue weighted by Gasteiger charge is 2.48. The molecule has 0 unspecified atom stereocenters. The number of alkyl halides is 4. The van der Waals surface area contributed by atoms with Gasteiger partial charge in [-0.15, -0.1) is 0 Å². The Bertz CT molecular complexity index is 595. The average Bonchev–Trinajstić information content (AvgIpc) is 2.52. The maximum absolute atomic E-state index is 12.7. The van der Waals surface area contributed by atoms with E-state index in [1.54, 1.807) is 29.6 Å². The van der Waals surface area contributed by atoms with Crippen LogP contribution >= 0.6 is 0 Å². The molecule has 0 aliphatic carbocycles. The second-order valence-electron chi connectivity index (χ2n) is 4.83. The molecule has 2 rings (SSSR count). The molecule has 0 atom stereocenters. The minimum Gasteiger partial charge on any atom is -0.482 e. The summed E-state index contributed by atoms with van der Waals surface area (Å²) in [6.45, 7) is -0.263. The molecular weight excluding hydrogens is 320 g/mol. The summed E-state index contributed by atoms with van der Waals surface area (Å²) in [7, 11) is 0. The number of anilines is 1. The third-order valence-electron chi connectivity index (χ3n) is 3.23. The Labute approximate surface area is 129 Å². The number of fused-ring (bicyclic) bond motifs is 1. The number of hydrogen-bond acceptors (Lipinski definition) is 3. The van der Waals surface area contributed by atoms with E-state index in [0.29, 0.717) is 11.4 Å². The fourth-order valence-electron chi connectivity index (χ4n) is 2.06. The van der Waals surface area contributed by atoms with Crippen LogP contribution in [0.4, 0.5) is 23.2 Å². The van der Waals surface area contributed by atoms with Gasteiger partial charge in [0.15, 0.2) is 6.61 Å². The van der Waals surface area contributed by atoms with Crippen molar-refractivity contribution in [3.8, 4) is 5.75 Å². The standard InChI is InChI=1S/C14H14F4N2O3/c15-12(16)14(17,18)13(22)19-6-3-7-20-9-4-1-2-5-10(9)23-8-11(20)21/h1-2,4-5,12H,3,6-8H2,(H,19,22). The molecule has 23 heavy (non-hydrogen) atoms. The van der Waals surface area contributed by atoms with Gasteiger partial charge in [0.05, 0.1) is 5.69 Å². The molecule has 1 aromatic carbocycles. The molecule has 1 aromatic rings. The largest absolute Gasteiger partial charge is 0.482 e. The SMILES string of the molecule is O=C1COc2ccccc2N1CCCNC(=O)C(F)(F)C(F)F. The van der Waals surface area contributed by atoms with Crippen molar-refractivity contribution in [1.29, 1.82) is 0 Å². The quantitative estimate of drug-likeness (QED) is 0.638. The van der Waals surface area contributed by atoms with Gasteiger partial charge in [0.1, 0.15) is 5.75 Å². The van der Waals surface area contributed by atoms with E-state index in [1.807, 2.05) is 0 Å². The first-order chi connectivity index (χ1) is 10.8. The van der Waals surface area contributed by atoms with Gasteiger partial charge in [-0.2, -0.15) is 8.78 Å². The van der Waals surface area contributed by atoms with Gasteiger partial charge in [-0.05, 0) is 18.6 Å². The Morgan fingerprint density at radius 1 is 1.35 bits per heavy atom.